The number of fused-ring (bicyclic) bond motifs is 2. The summed E-state index contributed by atoms with van der Waals surface area (Å²) in [5, 5.41) is 4.46. The first-order valence-electron chi connectivity index (χ1n) is 6.51. The van der Waals surface area contributed by atoms with Crippen LogP contribution in [0.4, 0.5) is 5.95 Å². The van der Waals surface area contributed by atoms with Crippen molar-refractivity contribution in [1.29, 1.82) is 0 Å². The molecule has 0 unspecified atom stereocenters. The number of Topliss-reactive ketones (excluding diaryl/α,β-unsaturated/α-hetero) is 1. The van der Waals surface area contributed by atoms with Crippen LogP contribution in [0.2, 0.25) is 0 Å². The van der Waals surface area contributed by atoms with E-state index in [0.717, 1.165) is 22.5 Å². The molecule has 5 heteroatoms. The molecular formula is C15H12N4O. The summed E-state index contributed by atoms with van der Waals surface area (Å²) in [6, 6.07) is 11.6. The fraction of sp³-hybridized carbons (Fsp3) is 0.133. The first-order valence-corrected chi connectivity index (χ1v) is 6.51. The Morgan fingerprint density at radius 2 is 1.95 bits per heavy atom. The first-order chi connectivity index (χ1) is 9.74. The molecule has 1 aliphatic carbocycles. The molecule has 2 aromatic heterocycles. The summed E-state index contributed by atoms with van der Waals surface area (Å²) in [7, 11) is 0. The number of aromatic nitrogens is 3. The zero-order valence-corrected chi connectivity index (χ0v) is 10.7. The second kappa shape index (κ2) is 3.90. The number of imidazole rings is 1. The lowest BCUT2D eigenvalue weighted by molar-refractivity contribution is 0.0994. The molecule has 1 aliphatic rings. The van der Waals surface area contributed by atoms with Crippen molar-refractivity contribution >= 4 is 17.2 Å². The summed E-state index contributed by atoms with van der Waals surface area (Å²) < 4.78 is 1.62. The zero-order chi connectivity index (χ0) is 13.7. The predicted molar refractivity (Wildman–Crippen MR) is 75.5 cm³/mol. The number of carbonyl (C=O) groups is 1. The van der Waals surface area contributed by atoms with Gasteiger partial charge in [-0.1, -0.05) is 30.3 Å². The van der Waals surface area contributed by atoms with E-state index in [1.165, 1.54) is 0 Å². The zero-order valence-electron chi connectivity index (χ0n) is 10.7. The maximum atomic E-state index is 11.9. The lowest BCUT2D eigenvalue weighted by atomic mass is 10.1. The maximum absolute atomic E-state index is 11.9. The molecule has 4 rings (SSSR count). The number of hydrogen-bond acceptors (Lipinski definition) is 4. The Balaban J connectivity index is 2.04. The number of hydrogen-bond donors (Lipinski definition) is 1. The summed E-state index contributed by atoms with van der Waals surface area (Å²) in [6.07, 6.45) is 1.21. The third kappa shape index (κ3) is 1.46. The molecule has 0 atom stereocenters. The normalized spacial score (nSPS) is 13.9. The standard InChI is InChI=1S/C15H12N4O/c16-15-17-14(9-4-2-1-3-5-9)12-8-10-11(18-19(12)15)6-7-13(10)20/h1-5,8H,6-7H2,(H2,16,17). The third-order valence-corrected chi connectivity index (χ3v) is 3.66. The van der Waals surface area contributed by atoms with Crippen molar-refractivity contribution < 1.29 is 4.79 Å². The Kier molecular flexibility index (Phi) is 2.18. The number of nitrogen functional groups attached to an aromatic ring is 1. The van der Waals surface area contributed by atoms with Crippen molar-refractivity contribution in [2.24, 2.45) is 0 Å². The van der Waals surface area contributed by atoms with Crippen LogP contribution in [-0.4, -0.2) is 20.4 Å². The molecule has 2 N–H and O–H groups in total. The molecule has 3 aromatic rings. The Labute approximate surface area is 115 Å². The van der Waals surface area contributed by atoms with Crippen molar-refractivity contribution in [3.8, 4) is 11.3 Å². The van der Waals surface area contributed by atoms with Gasteiger partial charge in [0.05, 0.1) is 11.2 Å². The van der Waals surface area contributed by atoms with E-state index in [9.17, 15) is 4.79 Å². The van der Waals surface area contributed by atoms with Crippen molar-refractivity contribution in [1.82, 2.24) is 14.6 Å². The summed E-state index contributed by atoms with van der Waals surface area (Å²) in [6.45, 7) is 0. The van der Waals surface area contributed by atoms with E-state index >= 15 is 0 Å². The number of benzene rings is 1. The fourth-order valence-electron chi connectivity index (χ4n) is 2.67. The number of nitrogens with two attached hydrogens (primary N) is 1. The number of carbonyl (C=O) groups excluding carboxylic acids is 1. The maximum Gasteiger partial charge on any atom is 0.222 e. The molecule has 0 radical (unpaired) electrons. The van der Waals surface area contributed by atoms with Gasteiger partial charge < -0.3 is 5.73 Å². The molecular weight excluding hydrogens is 252 g/mol. The quantitative estimate of drug-likeness (QED) is 0.730. The number of ketones is 1. The van der Waals surface area contributed by atoms with Crippen LogP contribution in [0.3, 0.4) is 0 Å². The van der Waals surface area contributed by atoms with Crippen molar-refractivity contribution in [2.75, 3.05) is 5.73 Å². The van der Waals surface area contributed by atoms with Gasteiger partial charge in [-0.3, -0.25) is 4.79 Å². The Morgan fingerprint density at radius 3 is 2.75 bits per heavy atom. The lowest BCUT2D eigenvalue weighted by Crippen LogP contribution is -2.02. The fourth-order valence-corrected chi connectivity index (χ4v) is 2.67. The highest BCUT2D eigenvalue weighted by Crippen LogP contribution is 2.29. The van der Waals surface area contributed by atoms with E-state index in [0.29, 0.717) is 24.4 Å². The second-order valence-corrected chi connectivity index (χ2v) is 4.91. The molecule has 20 heavy (non-hydrogen) atoms. The van der Waals surface area contributed by atoms with Crippen LogP contribution < -0.4 is 5.73 Å². The van der Waals surface area contributed by atoms with E-state index in [4.69, 9.17) is 5.73 Å². The van der Waals surface area contributed by atoms with Gasteiger partial charge in [0.25, 0.3) is 0 Å². The van der Waals surface area contributed by atoms with Gasteiger partial charge in [-0.15, -0.1) is 0 Å². The highest BCUT2D eigenvalue weighted by atomic mass is 16.1. The van der Waals surface area contributed by atoms with Gasteiger partial charge in [0, 0.05) is 17.5 Å². The molecule has 98 valence electrons. The molecule has 0 saturated heterocycles. The molecule has 0 saturated carbocycles. The van der Waals surface area contributed by atoms with E-state index in [1.807, 2.05) is 36.4 Å². The Hall–Kier alpha value is -2.69. The van der Waals surface area contributed by atoms with Crippen molar-refractivity contribution in [3.63, 3.8) is 0 Å². The topological polar surface area (TPSA) is 73.3 Å². The summed E-state index contributed by atoms with van der Waals surface area (Å²) in [5.41, 5.74) is 9.97. The van der Waals surface area contributed by atoms with Crippen molar-refractivity contribution in [3.05, 3.63) is 47.7 Å². The number of anilines is 1. The molecule has 0 spiro atoms. The van der Waals surface area contributed by atoms with Gasteiger partial charge in [0.1, 0.15) is 5.69 Å². The molecule has 0 fully saturated rings. The highest BCUT2D eigenvalue weighted by molar-refractivity contribution is 6.01. The van der Waals surface area contributed by atoms with Crippen LogP contribution in [0.5, 0.6) is 0 Å². The summed E-state index contributed by atoms with van der Waals surface area (Å²) >= 11 is 0. The average molecular weight is 264 g/mol. The number of nitrogens with zero attached hydrogens (tertiary/aromatic N) is 3. The monoisotopic (exact) mass is 264 g/mol. The second-order valence-electron chi connectivity index (χ2n) is 4.91. The molecule has 0 amide bonds. The van der Waals surface area contributed by atoms with E-state index < -0.39 is 0 Å². The minimum Gasteiger partial charge on any atom is -0.368 e. The molecule has 2 heterocycles. The third-order valence-electron chi connectivity index (χ3n) is 3.66. The average Bonchev–Trinajstić information content (AvgIpc) is 3.00. The van der Waals surface area contributed by atoms with Gasteiger partial charge in [-0.05, 0) is 12.5 Å². The van der Waals surface area contributed by atoms with Gasteiger partial charge in [-0.25, -0.2) is 4.98 Å². The Morgan fingerprint density at radius 1 is 1.15 bits per heavy atom. The van der Waals surface area contributed by atoms with Crippen LogP contribution in [-0.2, 0) is 6.42 Å². The van der Waals surface area contributed by atoms with E-state index in [-0.39, 0.29) is 5.78 Å². The van der Waals surface area contributed by atoms with Crippen LogP contribution in [0.15, 0.2) is 36.4 Å². The molecule has 1 aromatic carbocycles. The Bertz CT molecular complexity index is 836. The van der Waals surface area contributed by atoms with E-state index in [1.54, 1.807) is 4.52 Å². The number of rotatable bonds is 1. The lowest BCUT2D eigenvalue weighted by Gasteiger charge is -2.01. The highest BCUT2D eigenvalue weighted by Gasteiger charge is 2.24. The minimum absolute atomic E-state index is 0.147. The van der Waals surface area contributed by atoms with Crippen LogP contribution in [0.1, 0.15) is 22.5 Å². The van der Waals surface area contributed by atoms with E-state index in [2.05, 4.69) is 10.1 Å². The summed E-state index contributed by atoms with van der Waals surface area (Å²) in [4.78, 5) is 16.3. The van der Waals surface area contributed by atoms with Crippen LogP contribution >= 0.6 is 0 Å². The number of aryl methyl sites for hydroxylation is 1. The van der Waals surface area contributed by atoms with Gasteiger partial charge in [-0.2, -0.15) is 9.61 Å². The van der Waals surface area contributed by atoms with Crippen LogP contribution in [0.25, 0.3) is 16.8 Å². The molecule has 5 nitrogen and oxygen atoms in total. The van der Waals surface area contributed by atoms with Crippen LogP contribution in [0, 0.1) is 0 Å². The van der Waals surface area contributed by atoms with Gasteiger partial charge in [0.2, 0.25) is 5.95 Å². The van der Waals surface area contributed by atoms with Crippen molar-refractivity contribution in [2.45, 2.75) is 12.8 Å². The predicted octanol–water partition coefficient (Wildman–Crippen LogP) is 2.11. The SMILES string of the molecule is Nc1nc(-c2ccccc2)c2cc3c(nn12)CCC3=O. The smallest absolute Gasteiger partial charge is 0.222 e. The van der Waals surface area contributed by atoms with Gasteiger partial charge in [0.15, 0.2) is 5.78 Å². The molecule has 0 bridgehead atoms. The first kappa shape index (κ1) is 11.2. The minimum atomic E-state index is 0.147. The largest absolute Gasteiger partial charge is 0.368 e. The van der Waals surface area contributed by atoms with Gasteiger partial charge >= 0.3 is 0 Å². The summed E-state index contributed by atoms with van der Waals surface area (Å²) in [5.74, 6) is 0.495. The molecule has 0 aliphatic heterocycles.